The maximum absolute atomic E-state index is 13.2. The van der Waals surface area contributed by atoms with Gasteiger partial charge in [0.25, 0.3) is 0 Å². The van der Waals surface area contributed by atoms with Gasteiger partial charge in [-0.2, -0.15) is 0 Å². The molecule has 0 unspecified atom stereocenters. The molecule has 0 aromatic heterocycles. The fraction of sp³-hybridized carbons (Fsp3) is 0.188. The van der Waals surface area contributed by atoms with Gasteiger partial charge in [0.15, 0.2) is 11.5 Å². The van der Waals surface area contributed by atoms with E-state index in [2.05, 4.69) is 9.47 Å². The molecule has 5 nitrogen and oxygen atoms in total. The molecule has 23 heavy (non-hydrogen) atoms. The van der Waals surface area contributed by atoms with Crippen molar-refractivity contribution in [2.24, 2.45) is 5.73 Å². The van der Waals surface area contributed by atoms with Gasteiger partial charge in [-0.15, -0.1) is 8.78 Å². The monoisotopic (exact) mass is 321 g/mol. The van der Waals surface area contributed by atoms with Crippen LogP contribution in [0.25, 0.3) is 11.1 Å². The molecule has 2 aromatic carbocycles. The van der Waals surface area contributed by atoms with Gasteiger partial charge in [-0.05, 0) is 23.6 Å². The molecule has 0 radical (unpaired) electrons. The molecule has 0 fully saturated rings. The normalized spacial score (nSPS) is 16.1. The second-order valence-corrected chi connectivity index (χ2v) is 5.15. The number of ether oxygens (including phenoxy) is 2. The minimum atomic E-state index is -3.69. The number of rotatable bonds is 4. The van der Waals surface area contributed by atoms with E-state index in [9.17, 15) is 13.6 Å². The number of aliphatic carboxylic acids is 1. The molecule has 3 N–H and O–H groups in total. The van der Waals surface area contributed by atoms with Crippen LogP contribution < -0.4 is 15.2 Å². The van der Waals surface area contributed by atoms with Crippen molar-refractivity contribution in [2.45, 2.75) is 18.8 Å². The van der Waals surface area contributed by atoms with Crippen LogP contribution in [0.5, 0.6) is 11.5 Å². The van der Waals surface area contributed by atoms with E-state index in [0.717, 1.165) is 0 Å². The van der Waals surface area contributed by atoms with E-state index in [-0.39, 0.29) is 17.9 Å². The third kappa shape index (κ3) is 3.09. The minimum absolute atomic E-state index is 0.0415. The number of hydrogen-bond acceptors (Lipinski definition) is 4. The van der Waals surface area contributed by atoms with Crippen LogP contribution in [0.1, 0.15) is 5.56 Å². The first-order valence-electron chi connectivity index (χ1n) is 6.82. The van der Waals surface area contributed by atoms with E-state index in [1.807, 2.05) is 0 Å². The number of carbonyl (C=O) groups is 1. The Balaban J connectivity index is 1.95. The molecule has 120 valence electrons. The lowest BCUT2D eigenvalue weighted by Gasteiger charge is -2.10. The van der Waals surface area contributed by atoms with Crippen LogP contribution in [0, 0.1) is 0 Å². The van der Waals surface area contributed by atoms with Gasteiger partial charge in [0.1, 0.15) is 6.04 Å². The molecule has 0 saturated heterocycles. The fourth-order valence-electron chi connectivity index (χ4n) is 2.40. The first-order valence-corrected chi connectivity index (χ1v) is 6.82. The molecule has 1 atom stereocenters. The summed E-state index contributed by atoms with van der Waals surface area (Å²) in [4.78, 5) is 10.8. The van der Waals surface area contributed by atoms with Crippen molar-refractivity contribution in [1.29, 1.82) is 0 Å². The molecule has 3 rings (SSSR count). The summed E-state index contributed by atoms with van der Waals surface area (Å²) >= 11 is 0. The molecule has 0 spiro atoms. The number of carboxylic acid groups (broad SMARTS) is 1. The Morgan fingerprint density at radius 2 is 1.96 bits per heavy atom. The van der Waals surface area contributed by atoms with Gasteiger partial charge in [0, 0.05) is 5.56 Å². The summed E-state index contributed by atoms with van der Waals surface area (Å²) in [5.74, 6) is -1.19. The van der Waals surface area contributed by atoms with Gasteiger partial charge in [-0.3, -0.25) is 4.79 Å². The highest BCUT2D eigenvalue weighted by atomic mass is 19.3. The Bertz CT molecular complexity index is 763. The minimum Gasteiger partial charge on any atom is -0.480 e. The number of benzene rings is 2. The number of fused-ring (bicyclic) bond motifs is 1. The SMILES string of the molecule is N[C@@H](Cc1cccc(-c2cccc3c2OC(F)(F)O3)c1)C(=O)O. The van der Waals surface area contributed by atoms with E-state index >= 15 is 0 Å². The van der Waals surface area contributed by atoms with Crippen molar-refractivity contribution in [3.05, 3.63) is 48.0 Å². The number of halogens is 2. The highest BCUT2D eigenvalue weighted by Gasteiger charge is 2.44. The largest absolute Gasteiger partial charge is 0.586 e. The highest BCUT2D eigenvalue weighted by molar-refractivity contribution is 5.76. The zero-order valence-corrected chi connectivity index (χ0v) is 11.8. The first-order chi connectivity index (χ1) is 10.9. The van der Waals surface area contributed by atoms with Crippen LogP contribution >= 0.6 is 0 Å². The van der Waals surface area contributed by atoms with Crippen molar-refractivity contribution in [1.82, 2.24) is 0 Å². The maximum atomic E-state index is 13.2. The van der Waals surface area contributed by atoms with Crippen LogP contribution in [-0.4, -0.2) is 23.4 Å². The zero-order valence-electron chi connectivity index (χ0n) is 11.8. The Morgan fingerprint density at radius 3 is 2.70 bits per heavy atom. The van der Waals surface area contributed by atoms with Gasteiger partial charge in [-0.1, -0.05) is 36.4 Å². The first kappa shape index (κ1) is 15.2. The number of nitrogens with two attached hydrogens (primary N) is 1. The second-order valence-electron chi connectivity index (χ2n) is 5.15. The summed E-state index contributed by atoms with van der Waals surface area (Å²) in [7, 11) is 0. The van der Waals surface area contributed by atoms with Gasteiger partial charge in [0.05, 0.1) is 0 Å². The van der Waals surface area contributed by atoms with Gasteiger partial charge in [0.2, 0.25) is 0 Å². The zero-order chi connectivity index (χ0) is 16.6. The number of para-hydroxylation sites is 1. The van der Waals surface area contributed by atoms with E-state index in [0.29, 0.717) is 16.7 Å². The predicted octanol–water partition coefficient (Wildman–Crippen LogP) is 2.63. The second kappa shape index (κ2) is 5.51. The lowest BCUT2D eigenvalue weighted by atomic mass is 9.99. The fourth-order valence-corrected chi connectivity index (χ4v) is 2.40. The Kier molecular flexibility index (Phi) is 3.65. The van der Waals surface area contributed by atoms with Gasteiger partial charge in [-0.25, -0.2) is 0 Å². The molecule has 2 aromatic rings. The van der Waals surface area contributed by atoms with Crippen LogP contribution in [-0.2, 0) is 11.2 Å². The number of hydrogen-bond donors (Lipinski definition) is 2. The molecule has 0 amide bonds. The van der Waals surface area contributed by atoms with E-state index in [1.54, 1.807) is 36.4 Å². The summed E-state index contributed by atoms with van der Waals surface area (Å²) in [5, 5.41) is 8.87. The number of alkyl halides is 2. The third-order valence-corrected chi connectivity index (χ3v) is 3.44. The van der Waals surface area contributed by atoms with Crippen molar-refractivity contribution in [2.75, 3.05) is 0 Å². The lowest BCUT2D eigenvalue weighted by Crippen LogP contribution is -2.32. The molecule has 0 saturated carbocycles. The average molecular weight is 321 g/mol. The maximum Gasteiger partial charge on any atom is 0.586 e. The lowest BCUT2D eigenvalue weighted by molar-refractivity contribution is -0.286. The molecular weight excluding hydrogens is 308 g/mol. The highest BCUT2D eigenvalue weighted by Crippen LogP contribution is 2.46. The van der Waals surface area contributed by atoms with Crippen LogP contribution in [0.4, 0.5) is 8.78 Å². The van der Waals surface area contributed by atoms with E-state index < -0.39 is 18.3 Å². The van der Waals surface area contributed by atoms with Crippen molar-refractivity contribution in [3.8, 4) is 22.6 Å². The quantitative estimate of drug-likeness (QED) is 0.904. The summed E-state index contributed by atoms with van der Waals surface area (Å²) in [6, 6.07) is 10.4. The predicted molar refractivity (Wildman–Crippen MR) is 77.4 cm³/mol. The molecule has 1 aliphatic rings. The Hall–Kier alpha value is -2.67. The Morgan fingerprint density at radius 1 is 1.22 bits per heavy atom. The summed E-state index contributed by atoms with van der Waals surface area (Å²) in [6.45, 7) is 0. The standard InChI is InChI=1S/C16H13F2NO4/c17-16(18)22-13-6-2-5-11(14(13)23-16)10-4-1-3-9(7-10)8-12(19)15(20)21/h1-7,12H,8,19H2,(H,20,21)/t12-/m0/s1. The molecule has 1 heterocycles. The van der Waals surface area contributed by atoms with Gasteiger partial charge < -0.3 is 20.3 Å². The van der Waals surface area contributed by atoms with E-state index in [1.165, 1.54) is 6.07 Å². The molecule has 1 aliphatic heterocycles. The van der Waals surface area contributed by atoms with Crippen molar-refractivity contribution in [3.63, 3.8) is 0 Å². The topological polar surface area (TPSA) is 81.8 Å². The van der Waals surface area contributed by atoms with Crippen LogP contribution in [0.2, 0.25) is 0 Å². The molecule has 7 heteroatoms. The Labute approximate surface area is 130 Å². The van der Waals surface area contributed by atoms with Crippen molar-refractivity contribution < 1.29 is 28.2 Å². The summed E-state index contributed by atoms with van der Waals surface area (Å²) in [6.07, 6.45) is -3.56. The summed E-state index contributed by atoms with van der Waals surface area (Å²) < 4.78 is 35.5. The van der Waals surface area contributed by atoms with Gasteiger partial charge >= 0.3 is 12.3 Å². The average Bonchev–Trinajstić information content (AvgIpc) is 2.80. The smallest absolute Gasteiger partial charge is 0.480 e. The van der Waals surface area contributed by atoms with Crippen molar-refractivity contribution >= 4 is 5.97 Å². The molecule has 0 bridgehead atoms. The van der Waals surface area contributed by atoms with E-state index in [4.69, 9.17) is 10.8 Å². The third-order valence-electron chi connectivity index (χ3n) is 3.44. The molecular formula is C16H13F2NO4. The summed E-state index contributed by atoms with van der Waals surface area (Å²) in [5.41, 5.74) is 7.25. The molecule has 0 aliphatic carbocycles. The van der Waals surface area contributed by atoms with Crippen LogP contribution in [0.15, 0.2) is 42.5 Å². The van der Waals surface area contributed by atoms with Crippen LogP contribution in [0.3, 0.4) is 0 Å². The number of carboxylic acids is 1.